The van der Waals surface area contributed by atoms with E-state index < -0.39 is 0 Å². The molecule has 1 unspecified atom stereocenters. The smallest absolute Gasteiger partial charge is 0.233 e. The van der Waals surface area contributed by atoms with Crippen LogP contribution < -0.4 is 11.1 Å². The summed E-state index contributed by atoms with van der Waals surface area (Å²) in [5.41, 5.74) is 7.28. The molecule has 1 aromatic rings. The fraction of sp³-hybridized carbons (Fsp3) is 0.500. The van der Waals surface area contributed by atoms with Gasteiger partial charge in [-0.2, -0.15) is 0 Å². The Kier molecular flexibility index (Phi) is 6.39. The fourth-order valence-corrected chi connectivity index (χ4v) is 1.92. The third-order valence-corrected chi connectivity index (χ3v) is 2.87. The number of carbonyl (C=O) groups is 1. The summed E-state index contributed by atoms with van der Waals surface area (Å²) in [7, 11) is 1.66. The quantitative estimate of drug-likeness (QED) is 0.762. The van der Waals surface area contributed by atoms with Crippen molar-refractivity contribution >= 4 is 5.91 Å². The van der Waals surface area contributed by atoms with Gasteiger partial charge in [0.05, 0.1) is 6.54 Å². The SMILES string of the molecule is CCCN(CC(=O)NC)CC(N)c1ccccc1. The van der Waals surface area contributed by atoms with Gasteiger partial charge in [0.25, 0.3) is 0 Å². The predicted octanol–water partition coefficient (Wildman–Crippen LogP) is 1.14. The van der Waals surface area contributed by atoms with E-state index in [1.165, 1.54) is 0 Å². The van der Waals surface area contributed by atoms with Gasteiger partial charge >= 0.3 is 0 Å². The highest BCUT2D eigenvalue weighted by Gasteiger charge is 2.13. The molecule has 0 spiro atoms. The molecule has 0 heterocycles. The van der Waals surface area contributed by atoms with Crippen LogP contribution in [-0.2, 0) is 4.79 Å². The van der Waals surface area contributed by atoms with Crippen molar-refractivity contribution in [2.45, 2.75) is 19.4 Å². The Hall–Kier alpha value is -1.39. The number of rotatable bonds is 7. The van der Waals surface area contributed by atoms with Crippen molar-refractivity contribution in [1.29, 1.82) is 0 Å². The van der Waals surface area contributed by atoms with Gasteiger partial charge in [0, 0.05) is 19.6 Å². The van der Waals surface area contributed by atoms with Crippen LogP contribution in [0, 0.1) is 0 Å². The Morgan fingerprint density at radius 2 is 2.06 bits per heavy atom. The number of nitrogens with two attached hydrogens (primary N) is 1. The molecule has 1 rings (SSSR count). The maximum absolute atomic E-state index is 11.4. The second kappa shape index (κ2) is 7.84. The van der Waals surface area contributed by atoms with Crippen molar-refractivity contribution in [3.63, 3.8) is 0 Å². The highest BCUT2D eigenvalue weighted by Crippen LogP contribution is 2.11. The maximum atomic E-state index is 11.4. The monoisotopic (exact) mass is 249 g/mol. The van der Waals surface area contributed by atoms with E-state index in [1.807, 2.05) is 30.3 Å². The Labute approximate surface area is 109 Å². The van der Waals surface area contributed by atoms with Gasteiger partial charge in [-0.05, 0) is 18.5 Å². The third kappa shape index (κ3) is 4.85. The molecule has 100 valence electrons. The summed E-state index contributed by atoms with van der Waals surface area (Å²) >= 11 is 0. The van der Waals surface area contributed by atoms with Crippen LogP contribution in [0.2, 0.25) is 0 Å². The molecular formula is C14H23N3O. The van der Waals surface area contributed by atoms with Gasteiger partial charge in [-0.25, -0.2) is 0 Å². The predicted molar refractivity (Wildman–Crippen MR) is 74.2 cm³/mol. The highest BCUT2D eigenvalue weighted by atomic mass is 16.1. The summed E-state index contributed by atoms with van der Waals surface area (Å²) in [4.78, 5) is 13.5. The molecule has 0 fully saturated rings. The summed E-state index contributed by atoms with van der Waals surface area (Å²) in [6, 6.07) is 9.94. The minimum Gasteiger partial charge on any atom is -0.358 e. The van der Waals surface area contributed by atoms with Crippen molar-refractivity contribution < 1.29 is 4.79 Å². The Bertz CT molecular complexity index is 353. The van der Waals surface area contributed by atoms with E-state index in [0.29, 0.717) is 13.1 Å². The minimum absolute atomic E-state index is 0.0312. The fourth-order valence-electron chi connectivity index (χ4n) is 1.92. The van der Waals surface area contributed by atoms with E-state index in [2.05, 4.69) is 17.1 Å². The normalized spacial score (nSPS) is 12.4. The largest absolute Gasteiger partial charge is 0.358 e. The van der Waals surface area contributed by atoms with Crippen molar-refractivity contribution in [1.82, 2.24) is 10.2 Å². The molecule has 0 bridgehead atoms. The molecule has 0 aliphatic heterocycles. The van der Waals surface area contributed by atoms with Crippen LogP contribution in [0.5, 0.6) is 0 Å². The number of nitrogens with zero attached hydrogens (tertiary/aromatic N) is 1. The van der Waals surface area contributed by atoms with Gasteiger partial charge in [-0.1, -0.05) is 37.3 Å². The van der Waals surface area contributed by atoms with Crippen LogP contribution in [0.15, 0.2) is 30.3 Å². The molecule has 0 radical (unpaired) electrons. The van der Waals surface area contributed by atoms with E-state index >= 15 is 0 Å². The van der Waals surface area contributed by atoms with Gasteiger partial charge in [0.1, 0.15) is 0 Å². The molecule has 0 aliphatic carbocycles. The van der Waals surface area contributed by atoms with Crippen LogP contribution in [0.25, 0.3) is 0 Å². The van der Waals surface area contributed by atoms with E-state index in [0.717, 1.165) is 18.5 Å². The Morgan fingerprint density at radius 1 is 1.39 bits per heavy atom. The molecule has 0 saturated carbocycles. The number of likely N-dealkylation sites (N-methyl/N-ethyl adjacent to an activating group) is 1. The number of hydrogen-bond acceptors (Lipinski definition) is 3. The van der Waals surface area contributed by atoms with Gasteiger partial charge in [-0.15, -0.1) is 0 Å². The first-order valence-corrected chi connectivity index (χ1v) is 6.40. The molecule has 0 aliphatic rings. The molecule has 4 nitrogen and oxygen atoms in total. The molecule has 1 aromatic carbocycles. The molecule has 1 atom stereocenters. The average Bonchev–Trinajstić information content (AvgIpc) is 2.39. The zero-order valence-electron chi connectivity index (χ0n) is 11.2. The summed E-state index contributed by atoms with van der Waals surface area (Å²) in [5, 5.41) is 2.65. The Balaban J connectivity index is 2.57. The van der Waals surface area contributed by atoms with Crippen LogP contribution >= 0.6 is 0 Å². The van der Waals surface area contributed by atoms with E-state index in [1.54, 1.807) is 7.05 Å². The lowest BCUT2D eigenvalue weighted by Gasteiger charge is -2.24. The first-order chi connectivity index (χ1) is 8.67. The lowest BCUT2D eigenvalue weighted by molar-refractivity contribution is -0.121. The van der Waals surface area contributed by atoms with Crippen molar-refractivity contribution in [2.24, 2.45) is 5.73 Å². The summed E-state index contributed by atoms with van der Waals surface area (Å²) in [5.74, 6) is 0.0312. The summed E-state index contributed by atoms with van der Waals surface area (Å²) < 4.78 is 0. The van der Waals surface area contributed by atoms with Crippen LogP contribution in [-0.4, -0.2) is 37.5 Å². The average molecular weight is 249 g/mol. The second-order valence-corrected chi connectivity index (χ2v) is 4.43. The lowest BCUT2D eigenvalue weighted by Crippen LogP contribution is -2.40. The highest BCUT2D eigenvalue weighted by molar-refractivity contribution is 5.77. The first-order valence-electron chi connectivity index (χ1n) is 6.40. The van der Waals surface area contributed by atoms with Crippen LogP contribution in [0.3, 0.4) is 0 Å². The van der Waals surface area contributed by atoms with E-state index in [-0.39, 0.29) is 11.9 Å². The second-order valence-electron chi connectivity index (χ2n) is 4.43. The van der Waals surface area contributed by atoms with E-state index in [9.17, 15) is 4.79 Å². The van der Waals surface area contributed by atoms with Gasteiger partial charge < -0.3 is 11.1 Å². The molecule has 18 heavy (non-hydrogen) atoms. The zero-order valence-corrected chi connectivity index (χ0v) is 11.2. The van der Waals surface area contributed by atoms with E-state index in [4.69, 9.17) is 5.73 Å². The topological polar surface area (TPSA) is 58.4 Å². The lowest BCUT2D eigenvalue weighted by atomic mass is 10.1. The number of amides is 1. The minimum atomic E-state index is -0.0533. The number of carbonyl (C=O) groups excluding carboxylic acids is 1. The standard InChI is InChI=1S/C14H23N3O/c1-3-9-17(11-14(18)16-2)10-13(15)12-7-5-4-6-8-12/h4-8,13H,3,9-11,15H2,1-2H3,(H,16,18). The van der Waals surface area contributed by atoms with Gasteiger partial charge in [-0.3, -0.25) is 9.69 Å². The van der Waals surface area contributed by atoms with Crippen molar-refractivity contribution in [2.75, 3.05) is 26.7 Å². The Morgan fingerprint density at radius 3 is 2.61 bits per heavy atom. The van der Waals surface area contributed by atoms with Gasteiger partial charge in [0.2, 0.25) is 5.91 Å². The number of hydrogen-bond donors (Lipinski definition) is 2. The van der Waals surface area contributed by atoms with Crippen LogP contribution in [0.1, 0.15) is 24.9 Å². The van der Waals surface area contributed by atoms with Crippen LogP contribution in [0.4, 0.5) is 0 Å². The first kappa shape index (κ1) is 14.7. The zero-order chi connectivity index (χ0) is 13.4. The number of nitrogens with one attached hydrogen (secondary N) is 1. The maximum Gasteiger partial charge on any atom is 0.233 e. The summed E-state index contributed by atoms with van der Waals surface area (Å²) in [6.07, 6.45) is 1.01. The molecule has 4 heteroatoms. The van der Waals surface area contributed by atoms with Gasteiger partial charge in [0.15, 0.2) is 0 Å². The van der Waals surface area contributed by atoms with Crippen molar-refractivity contribution in [3.05, 3.63) is 35.9 Å². The molecule has 1 amide bonds. The molecule has 3 N–H and O–H groups in total. The molecule has 0 aromatic heterocycles. The molecular weight excluding hydrogens is 226 g/mol. The molecule has 0 saturated heterocycles. The van der Waals surface area contributed by atoms with Crippen molar-refractivity contribution in [3.8, 4) is 0 Å². The number of benzene rings is 1. The third-order valence-electron chi connectivity index (χ3n) is 2.87. The summed E-state index contributed by atoms with van der Waals surface area (Å²) in [6.45, 7) is 4.09.